The number of aliphatic imine (C=N–C) groups is 1. The number of hydrogen-bond donors (Lipinski definition) is 1. The molecule has 0 bridgehead atoms. The highest BCUT2D eigenvalue weighted by molar-refractivity contribution is 8.15. The summed E-state index contributed by atoms with van der Waals surface area (Å²) in [4.78, 5) is 25.2. The Morgan fingerprint density at radius 2 is 1.91 bits per heavy atom. The number of nitrogens with zero attached hydrogens (tertiary/aromatic N) is 3. The molecular formula is C26H34N4O2S2. The van der Waals surface area contributed by atoms with Gasteiger partial charge in [-0.1, -0.05) is 41.7 Å². The first-order chi connectivity index (χ1) is 16.3. The normalized spacial score (nSPS) is 18.6. The van der Waals surface area contributed by atoms with Crippen molar-refractivity contribution >= 4 is 44.1 Å². The predicted molar refractivity (Wildman–Crippen MR) is 146 cm³/mol. The topological polar surface area (TPSA) is 57.2 Å². The fourth-order valence-corrected chi connectivity index (χ4v) is 7.12. The minimum atomic E-state index is -0.330. The maximum Gasteiger partial charge on any atom is 0.289 e. The van der Waals surface area contributed by atoms with Gasteiger partial charge >= 0.3 is 0 Å². The van der Waals surface area contributed by atoms with Gasteiger partial charge in [-0.15, -0.1) is 0 Å². The number of benzene rings is 1. The summed E-state index contributed by atoms with van der Waals surface area (Å²) >= 11 is 1.68. The van der Waals surface area contributed by atoms with Gasteiger partial charge in [0.1, 0.15) is 0 Å². The van der Waals surface area contributed by atoms with E-state index in [1.165, 1.54) is 15.4 Å². The Balaban J connectivity index is 1.49. The summed E-state index contributed by atoms with van der Waals surface area (Å²) in [7, 11) is 1.79. The van der Waals surface area contributed by atoms with Gasteiger partial charge in [0, 0.05) is 32.4 Å². The molecule has 0 radical (unpaired) electrons. The standard InChI is InChI=1S/C26H34N4O2S2/c1-26(2)18-29(25(34(4)5)21-11-12-22(32-3)33-21)15-16-30(26)24(31)23-27-14-13-20(17-28-23)19-9-7-6-8-10-19/h6-12,17H,13-16,18H2,1-5H3,(H,27,28). The second-order valence-electron chi connectivity index (χ2n) is 9.30. The number of thiophene rings is 1. The Kier molecular flexibility index (Phi) is 7.60. The molecule has 1 saturated heterocycles. The molecule has 8 heteroatoms. The summed E-state index contributed by atoms with van der Waals surface area (Å²) in [6.45, 7) is 7.13. The van der Waals surface area contributed by atoms with Crippen LogP contribution in [-0.2, 0) is 4.79 Å². The zero-order valence-electron chi connectivity index (χ0n) is 20.6. The van der Waals surface area contributed by atoms with E-state index < -0.39 is 0 Å². The van der Waals surface area contributed by atoms with Gasteiger partial charge in [0.25, 0.3) is 5.91 Å². The number of methoxy groups -OCH3 is 1. The maximum absolute atomic E-state index is 13.6. The van der Waals surface area contributed by atoms with E-state index in [1.807, 2.05) is 35.4 Å². The predicted octanol–water partition coefficient (Wildman–Crippen LogP) is 4.12. The second kappa shape index (κ2) is 10.5. The zero-order chi connectivity index (χ0) is 24.3. The fourth-order valence-electron chi connectivity index (χ4n) is 4.56. The second-order valence-corrected chi connectivity index (χ2v) is 12.4. The lowest BCUT2D eigenvalue weighted by molar-refractivity contribution is -0.132. The number of hydrogen-bond acceptors (Lipinski definition) is 5. The van der Waals surface area contributed by atoms with Crippen molar-refractivity contribution < 1.29 is 9.53 Å². The molecule has 0 atom stereocenters. The van der Waals surface area contributed by atoms with E-state index in [0.717, 1.165) is 30.1 Å². The quantitative estimate of drug-likeness (QED) is 0.645. The minimum Gasteiger partial charge on any atom is -0.487 e. The molecule has 6 nitrogen and oxygen atoms in total. The van der Waals surface area contributed by atoms with E-state index in [4.69, 9.17) is 4.74 Å². The van der Waals surface area contributed by atoms with Crippen molar-refractivity contribution in [2.45, 2.75) is 25.8 Å². The molecule has 0 spiro atoms. The van der Waals surface area contributed by atoms with Crippen LogP contribution in [0, 0.1) is 0 Å². The first kappa shape index (κ1) is 24.7. The van der Waals surface area contributed by atoms with Crippen LogP contribution in [0.3, 0.4) is 0 Å². The van der Waals surface area contributed by atoms with Crippen molar-refractivity contribution in [2.75, 3.05) is 45.8 Å². The number of piperazine rings is 1. The van der Waals surface area contributed by atoms with Crippen LogP contribution in [0.15, 0.2) is 53.7 Å². The molecule has 1 aromatic carbocycles. The SMILES string of the molecule is COc1ccc(C(N2CCN(C(=O)C3=NCCC(c4ccccc4)=CN3)C(C)(C)C2)=S(C)C)s1. The van der Waals surface area contributed by atoms with Gasteiger partial charge in [-0.2, -0.15) is 10.5 Å². The molecule has 0 saturated carbocycles. The van der Waals surface area contributed by atoms with Crippen molar-refractivity contribution in [3.63, 3.8) is 0 Å². The lowest BCUT2D eigenvalue weighted by Gasteiger charge is -2.47. The monoisotopic (exact) mass is 498 g/mol. The third-order valence-electron chi connectivity index (χ3n) is 6.20. The van der Waals surface area contributed by atoms with Crippen LogP contribution in [0.4, 0.5) is 0 Å². The van der Waals surface area contributed by atoms with E-state index in [9.17, 15) is 4.79 Å². The third-order valence-corrected chi connectivity index (χ3v) is 8.63. The maximum atomic E-state index is 13.6. The highest BCUT2D eigenvalue weighted by Gasteiger charge is 2.40. The molecule has 1 amide bonds. The molecule has 2 aliphatic heterocycles. The van der Waals surface area contributed by atoms with E-state index >= 15 is 0 Å². The Morgan fingerprint density at radius 1 is 1.15 bits per heavy atom. The van der Waals surface area contributed by atoms with E-state index in [-0.39, 0.29) is 21.9 Å². The fraction of sp³-hybridized carbons (Fsp3) is 0.423. The molecular weight excluding hydrogens is 464 g/mol. The summed E-state index contributed by atoms with van der Waals surface area (Å²) in [5.41, 5.74) is 2.00. The summed E-state index contributed by atoms with van der Waals surface area (Å²) < 4.78 is 5.43. The molecule has 182 valence electrons. The average Bonchev–Trinajstić information content (AvgIpc) is 3.13. The van der Waals surface area contributed by atoms with Gasteiger partial charge in [0.05, 0.1) is 22.5 Å². The lowest BCUT2D eigenvalue weighted by Crippen LogP contribution is -2.64. The highest BCUT2D eigenvalue weighted by Crippen LogP contribution is 2.31. The van der Waals surface area contributed by atoms with Crippen LogP contribution in [0.5, 0.6) is 5.06 Å². The van der Waals surface area contributed by atoms with Crippen LogP contribution in [0.2, 0.25) is 0 Å². The molecule has 0 unspecified atom stereocenters. The van der Waals surface area contributed by atoms with Crippen molar-refractivity contribution in [2.24, 2.45) is 4.99 Å². The summed E-state index contributed by atoms with van der Waals surface area (Å²) in [6.07, 6.45) is 7.26. The Hall–Kier alpha value is -2.42. The zero-order valence-corrected chi connectivity index (χ0v) is 22.3. The number of carbonyl (C=O) groups excluding carboxylic acids is 1. The van der Waals surface area contributed by atoms with E-state index in [2.05, 4.69) is 59.8 Å². The summed E-state index contributed by atoms with van der Waals surface area (Å²) in [5, 5.41) is 4.14. The van der Waals surface area contributed by atoms with Crippen molar-refractivity contribution in [1.82, 2.24) is 15.1 Å². The number of carbonyl (C=O) groups is 1. The molecule has 4 rings (SSSR count). The molecule has 1 N–H and O–H groups in total. The molecule has 3 heterocycles. The van der Waals surface area contributed by atoms with Gasteiger partial charge < -0.3 is 15.0 Å². The number of amidine groups is 1. The van der Waals surface area contributed by atoms with Crippen LogP contribution in [0.1, 0.15) is 30.7 Å². The van der Waals surface area contributed by atoms with Crippen LogP contribution >= 0.6 is 21.8 Å². The van der Waals surface area contributed by atoms with Gasteiger partial charge in [0.2, 0.25) is 0 Å². The number of amides is 1. The Labute approximate surface area is 209 Å². The Morgan fingerprint density at radius 3 is 2.56 bits per heavy atom. The minimum absolute atomic E-state index is 0.0263. The van der Waals surface area contributed by atoms with Crippen molar-refractivity contribution in [3.05, 3.63) is 59.1 Å². The summed E-state index contributed by atoms with van der Waals surface area (Å²) in [5.74, 6) is 0.409. The molecule has 2 aromatic rings. The van der Waals surface area contributed by atoms with Crippen LogP contribution < -0.4 is 10.1 Å². The van der Waals surface area contributed by atoms with E-state index in [0.29, 0.717) is 18.9 Å². The lowest BCUT2D eigenvalue weighted by atomic mass is 9.98. The van der Waals surface area contributed by atoms with Gasteiger partial charge in [-0.25, -0.2) is 0 Å². The molecule has 1 fully saturated rings. The molecule has 1 aromatic heterocycles. The first-order valence-corrected chi connectivity index (χ1v) is 14.4. The van der Waals surface area contributed by atoms with Crippen molar-refractivity contribution in [1.29, 1.82) is 0 Å². The number of nitrogens with one attached hydrogen (secondary N) is 1. The third kappa shape index (κ3) is 5.29. The first-order valence-electron chi connectivity index (χ1n) is 11.5. The highest BCUT2D eigenvalue weighted by atomic mass is 32.2. The van der Waals surface area contributed by atoms with Gasteiger partial charge in [-0.3, -0.25) is 14.7 Å². The van der Waals surface area contributed by atoms with Crippen LogP contribution in [-0.4, -0.2) is 77.9 Å². The average molecular weight is 499 g/mol. The summed E-state index contributed by atoms with van der Waals surface area (Å²) in [6, 6.07) is 14.4. The van der Waals surface area contributed by atoms with Crippen LogP contribution in [0.25, 0.3) is 5.57 Å². The number of rotatable bonds is 4. The largest absolute Gasteiger partial charge is 0.487 e. The van der Waals surface area contributed by atoms with Gasteiger partial charge in [-0.05, 0) is 56.0 Å². The van der Waals surface area contributed by atoms with Crippen molar-refractivity contribution in [3.8, 4) is 5.06 Å². The molecule has 0 aliphatic carbocycles. The van der Waals surface area contributed by atoms with Gasteiger partial charge in [0.15, 0.2) is 10.9 Å². The van der Waals surface area contributed by atoms with E-state index in [1.54, 1.807) is 18.4 Å². The molecule has 2 aliphatic rings. The smallest absolute Gasteiger partial charge is 0.289 e. The Bertz CT molecular complexity index is 1130. The molecule has 34 heavy (non-hydrogen) atoms. The number of ether oxygens (including phenoxy) is 1.